The number of thiazole rings is 1. The van der Waals surface area contributed by atoms with Crippen LogP contribution in [0.15, 0.2) is 6.20 Å². The van der Waals surface area contributed by atoms with E-state index in [0.717, 1.165) is 19.3 Å². The molecule has 2 saturated carbocycles. The number of aromatic nitrogens is 1. The largest absolute Gasteiger partial charge is 0.465 e. The Morgan fingerprint density at radius 2 is 2.04 bits per heavy atom. The molecule has 3 unspecified atom stereocenters. The van der Waals surface area contributed by atoms with Gasteiger partial charge in [0, 0.05) is 6.04 Å². The van der Waals surface area contributed by atoms with Gasteiger partial charge in [0.25, 0.3) is 5.91 Å². The van der Waals surface area contributed by atoms with E-state index in [-0.39, 0.29) is 24.7 Å². The molecule has 0 N–H and O–H groups in total. The van der Waals surface area contributed by atoms with Crippen LogP contribution < -0.4 is 4.90 Å². The van der Waals surface area contributed by atoms with Crippen LogP contribution in [0.5, 0.6) is 0 Å². The first kappa shape index (κ1) is 20.3. The molecule has 0 spiro atoms. The summed E-state index contributed by atoms with van der Waals surface area (Å²) in [7, 11) is 1.34. The number of esters is 1. The number of carbonyl (C=O) groups is 2. The SMILES string of the molecule is COC(=O)c1cnc(N(C(=O)COC2CC(C)CCC2C(C)C)C2CC2)s1. The van der Waals surface area contributed by atoms with Crippen molar-refractivity contribution in [3.63, 3.8) is 0 Å². The summed E-state index contributed by atoms with van der Waals surface area (Å²) in [5.41, 5.74) is 0. The molecule has 3 atom stereocenters. The third-order valence-corrected chi connectivity index (χ3v) is 6.63. The minimum Gasteiger partial charge on any atom is -0.465 e. The molecular formula is C20H30N2O4S. The van der Waals surface area contributed by atoms with Crippen LogP contribution in [0, 0.1) is 17.8 Å². The van der Waals surface area contributed by atoms with Gasteiger partial charge >= 0.3 is 5.97 Å². The number of carbonyl (C=O) groups excluding carboxylic acids is 2. The average molecular weight is 395 g/mol. The first-order valence-corrected chi connectivity index (χ1v) is 10.7. The lowest BCUT2D eigenvalue weighted by atomic mass is 9.75. The van der Waals surface area contributed by atoms with Gasteiger partial charge < -0.3 is 9.47 Å². The second-order valence-corrected chi connectivity index (χ2v) is 9.18. The zero-order chi connectivity index (χ0) is 19.6. The van der Waals surface area contributed by atoms with E-state index in [1.807, 2.05) is 0 Å². The highest BCUT2D eigenvalue weighted by molar-refractivity contribution is 7.17. The summed E-state index contributed by atoms with van der Waals surface area (Å²) in [5, 5.41) is 0.559. The lowest BCUT2D eigenvalue weighted by Crippen LogP contribution is -2.40. The maximum absolute atomic E-state index is 12.9. The number of rotatable bonds is 7. The number of anilines is 1. The molecule has 0 saturated heterocycles. The van der Waals surface area contributed by atoms with Crippen molar-refractivity contribution in [2.45, 2.75) is 65.0 Å². The summed E-state index contributed by atoms with van der Waals surface area (Å²) in [6, 6.07) is 0.170. The van der Waals surface area contributed by atoms with Crippen molar-refractivity contribution in [3.8, 4) is 0 Å². The molecule has 1 heterocycles. The normalized spacial score (nSPS) is 25.4. The highest BCUT2D eigenvalue weighted by Gasteiger charge is 2.37. The third kappa shape index (κ3) is 4.88. The van der Waals surface area contributed by atoms with Crippen LogP contribution in [0.3, 0.4) is 0 Å². The lowest BCUT2D eigenvalue weighted by molar-refractivity contribution is -0.128. The van der Waals surface area contributed by atoms with E-state index in [0.29, 0.717) is 27.8 Å². The van der Waals surface area contributed by atoms with E-state index in [2.05, 4.69) is 25.8 Å². The maximum Gasteiger partial charge on any atom is 0.349 e. The van der Waals surface area contributed by atoms with Gasteiger partial charge in [0.05, 0.1) is 19.4 Å². The Kier molecular flexibility index (Phi) is 6.52. The topological polar surface area (TPSA) is 68.7 Å². The molecule has 1 amide bonds. The monoisotopic (exact) mass is 394 g/mol. The van der Waals surface area contributed by atoms with Gasteiger partial charge in [0.2, 0.25) is 0 Å². The molecule has 2 aliphatic carbocycles. The molecule has 0 aliphatic heterocycles. The molecule has 1 aromatic heterocycles. The summed E-state index contributed by atoms with van der Waals surface area (Å²) in [6.45, 7) is 6.80. The second-order valence-electron chi connectivity index (χ2n) is 8.17. The predicted molar refractivity (Wildman–Crippen MR) is 105 cm³/mol. The Hall–Kier alpha value is -1.47. The smallest absolute Gasteiger partial charge is 0.349 e. The van der Waals surface area contributed by atoms with E-state index < -0.39 is 5.97 Å². The predicted octanol–water partition coefficient (Wildman–Crippen LogP) is 3.90. The van der Waals surface area contributed by atoms with Crippen LogP contribution in [0.2, 0.25) is 0 Å². The van der Waals surface area contributed by atoms with Gasteiger partial charge in [0.15, 0.2) is 5.13 Å². The minimum atomic E-state index is -0.422. The first-order valence-electron chi connectivity index (χ1n) is 9.88. The van der Waals surface area contributed by atoms with E-state index in [4.69, 9.17) is 9.47 Å². The molecule has 2 aliphatic rings. The molecular weight excluding hydrogens is 364 g/mol. The Bertz CT molecular complexity index is 671. The van der Waals surface area contributed by atoms with Crippen molar-refractivity contribution in [1.82, 2.24) is 4.98 Å². The Labute approximate surface area is 165 Å². The number of methoxy groups -OCH3 is 1. The number of hydrogen-bond donors (Lipinski definition) is 0. The van der Waals surface area contributed by atoms with Gasteiger partial charge in [-0.05, 0) is 43.4 Å². The van der Waals surface area contributed by atoms with Crippen LogP contribution in [0.4, 0.5) is 5.13 Å². The standard InChI is InChI=1S/C20H30N2O4S/c1-12(2)15-8-5-13(3)9-16(15)26-11-18(23)22(14-6-7-14)20-21-10-17(27-20)19(24)25-4/h10,12-16H,5-9,11H2,1-4H3. The average Bonchev–Trinajstić information content (AvgIpc) is 3.35. The van der Waals surface area contributed by atoms with E-state index in [1.165, 1.54) is 37.5 Å². The summed E-state index contributed by atoms with van der Waals surface area (Å²) in [5.74, 6) is 1.22. The summed E-state index contributed by atoms with van der Waals surface area (Å²) >= 11 is 1.20. The lowest BCUT2D eigenvalue weighted by Gasteiger charge is -2.37. The van der Waals surface area contributed by atoms with Crippen LogP contribution in [0.25, 0.3) is 0 Å². The molecule has 0 aromatic carbocycles. The Balaban J connectivity index is 1.65. The highest BCUT2D eigenvalue weighted by atomic mass is 32.1. The molecule has 0 radical (unpaired) electrons. The summed E-state index contributed by atoms with van der Waals surface area (Å²) < 4.78 is 10.9. The summed E-state index contributed by atoms with van der Waals surface area (Å²) in [6.07, 6.45) is 6.97. The number of nitrogens with zero attached hydrogens (tertiary/aromatic N) is 2. The van der Waals surface area contributed by atoms with Crippen LogP contribution in [-0.2, 0) is 14.3 Å². The molecule has 27 heavy (non-hydrogen) atoms. The molecule has 0 bridgehead atoms. The molecule has 7 heteroatoms. The van der Waals surface area contributed by atoms with Crippen molar-refractivity contribution in [1.29, 1.82) is 0 Å². The first-order chi connectivity index (χ1) is 12.9. The van der Waals surface area contributed by atoms with Crippen molar-refractivity contribution >= 4 is 28.3 Å². The highest BCUT2D eigenvalue weighted by Crippen LogP contribution is 2.37. The zero-order valence-electron chi connectivity index (χ0n) is 16.6. The quantitative estimate of drug-likeness (QED) is 0.656. The summed E-state index contributed by atoms with van der Waals surface area (Å²) in [4.78, 5) is 31.0. The van der Waals surface area contributed by atoms with Crippen LogP contribution >= 0.6 is 11.3 Å². The van der Waals surface area contributed by atoms with Crippen molar-refractivity contribution in [2.75, 3.05) is 18.6 Å². The Morgan fingerprint density at radius 1 is 1.30 bits per heavy atom. The van der Waals surface area contributed by atoms with Crippen LogP contribution in [0.1, 0.15) is 62.5 Å². The maximum atomic E-state index is 12.9. The molecule has 150 valence electrons. The van der Waals surface area contributed by atoms with Crippen molar-refractivity contribution in [2.24, 2.45) is 17.8 Å². The number of amides is 1. The van der Waals surface area contributed by atoms with Crippen LogP contribution in [-0.4, -0.2) is 42.7 Å². The van der Waals surface area contributed by atoms with Gasteiger partial charge in [-0.3, -0.25) is 9.69 Å². The Morgan fingerprint density at radius 3 is 2.67 bits per heavy atom. The molecule has 3 rings (SSSR count). The third-order valence-electron chi connectivity index (χ3n) is 5.65. The van der Waals surface area contributed by atoms with E-state index in [9.17, 15) is 9.59 Å². The number of hydrogen-bond acceptors (Lipinski definition) is 6. The van der Waals surface area contributed by atoms with E-state index in [1.54, 1.807) is 4.90 Å². The zero-order valence-corrected chi connectivity index (χ0v) is 17.5. The second kappa shape index (κ2) is 8.69. The van der Waals surface area contributed by atoms with Gasteiger partial charge in [-0.25, -0.2) is 9.78 Å². The minimum absolute atomic E-state index is 0.0657. The van der Waals surface area contributed by atoms with Gasteiger partial charge in [-0.2, -0.15) is 0 Å². The fraction of sp³-hybridized carbons (Fsp3) is 0.750. The fourth-order valence-electron chi connectivity index (χ4n) is 3.92. The number of ether oxygens (including phenoxy) is 2. The molecule has 2 fully saturated rings. The van der Waals surface area contributed by atoms with Crippen molar-refractivity contribution < 1.29 is 19.1 Å². The van der Waals surface area contributed by atoms with Gasteiger partial charge in [0.1, 0.15) is 11.5 Å². The molecule has 6 nitrogen and oxygen atoms in total. The van der Waals surface area contributed by atoms with Crippen molar-refractivity contribution in [3.05, 3.63) is 11.1 Å². The molecule has 1 aromatic rings. The van der Waals surface area contributed by atoms with Gasteiger partial charge in [-0.15, -0.1) is 0 Å². The van der Waals surface area contributed by atoms with Gasteiger partial charge in [-0.1, -0.05) is 38.5 Å². The van der Waals surface area contributed by atoms with E-state index >= 15 is 0 Å². The fourth-order valence-corrected chi connectivity index (χ4v) is 4.85.